The number of carbonyl (C=O) groups is 2. The molecule has 4 heterocycles. The predicted octanol–water partition coefficient (Wildman–Crippen LogP) is 2.76. The summed E-state index contributed by atoms with van der Waals surface area (Å²) in [5.74, 6) is 0.482. The lowest BCUT2D eigenvalue weighted by Gasteiger charge is -2.33. The topological polar surface area (TPSA) is 71.3 Å². The molecule has 0 aliphatic carbocycles. The fourth-order valence-corrected chi connectivity index (χ4v) is 4.87. The number of carbonyl (C=O) groups excluding carboxylic acids is 2. The molecule has 2 saturated heterocycles. The molecule has 144 valence electrons. The number of likely N-dealkylation sites (tertiary alicyclic amines) is 1. The molecule has 2 aliphatic heterocycles. The minimum Gasteiger partial charge on any atom is -0.347 e. The van der Waals surface area contributed by atoms with E-state index in [-0.39, 0.29) is 5.92 Å². The first kappa shape index (κ1) is 18.2. The smallest absolute Gasteiger partial charge is 0.225 e. The van der Waals surface area contributed by atoms with Crippen molar-refractivity contribution in [1.82, 2.24) is 19.7 Å². The van der Waals surface area contributed by atoms with Gasteiger partial charge in [-0.15, -0.1) is 10.2 Å². The van der Waals surface area contributed by atoms with Gasteiger partial charge in [-0.25, -0.2) is 0 Å². The average molecular weight is 388 g/mol. The van der Waals surface area contributed by atoms with Gasteiger partial charge in [0.2, 0.25) is 16.2 Å². The van der Waals surface area contributed by atoms with Gasteiger partial charge in [0.05, 0.1) is 5.69 Å². The molecule has 0 radical (unpaired) electrons. The number of anilines is 1. The first-order valence-corrected chi connectivity index (χ1v) is 10.6. The molecule has 2 aliphatic rings. The van der Waals surface area contributed by atoms with Crippen LogP contribution in [0.3, 0.4) is 0 Å². The summed E-state index contributed by atoms with van der Waals surface area (Å²) >= 11 is 1.48. The molecule has 2 fully saturated rings. The van der Waals surface area contributed by atoms with Crippen molar-refractivity contribution in [1.29, 1.82) is 0 Å². The van der Waals surface area contributed by atoms with Gasteiger partial charge in [-0.3, -0.25) is 14.2 Å². The molecular formula is C19H25N5O2S. The van der Waals surface area contributed by atoms with Gasteiger partial charge in [0.1, 0.15) is 0 Å². The van der Waals surface area contributed by atoms with Crippen LogP contribution in [-0.2, 0) is 4.79 Å². The summed E-state index contributed by atoms with van der Waals surface area (Å²) in [5, 5.41) is 10.1. The summed E-state index contributed by atoms with van der Waals surface area (Å²) < 4.78 is 1.75. The third-order valence-electron chi connectivity index (χ3n) is 5.54. The molecule has 0 bridgehead atoms. The number of rotatable bonds is 4. The summed E-state index contributed by atoms with van der Waals surface area (Å²) in [6.45, 7) is 3.50. The number of hydrogen-bond donors (Lipinski definition) is 0. The molecule has 0 atom stereocenters. The molecule has 0 aromatic carbocycles. The lowest BCUT2D eigenvalue weighted by atomic mass is 9.95. The Morgan fingerprint density at radius 3 is 2.44 bits per heavy atom. The quantitative estimate of drug-likeness (QED) is 0.755. The van der Waals surface area contributed by atoms with Crippen molar-refractivity contribution in [2.75, 3.05) is 31.1 Å². The zero-order chi connectivity index (χ0) is 18.6. The zero-order valence-electron chi connectivity index (χ0n) is 15.4. The van der Waals surface area contributed by atoms with Crippen LogP contribution in [0.25, 0.3) is 5.13 Å². The second-order valence-corrected chi connectivity index (χ2v) is 8.22. The molecule has 0 unspecified atom stereocenters. The van der Waals surface area contributed by atoms with Crippen molar-refractivity contribution in [3.05, 3.63) is 24.0 Å². The second-order valence-electron chi connectivity index (χ2n) is 7.29. The second kappa shape index (κ2) is 8.21. The third kappa shape index (κ3) is 3.90. The first-order valence-electron chi connectivity index (χ1n) is 9.76. The van der Waals surface area contributed by atoms with E-state index in [1.54, 1.807) is 10.6 Å². The van der Waals surface area contributed by atoms with E-state index >= 15 is 0 Å². The monoisotopic (exact) mass is 387 g/mol. The van der Waals surface area contributed by atoms with Gasteiger partial charge in [0, 0.05) is 38.3 Å². The number of aromatic nitrogens is 3. The fourth-order valence-electron chi connectivity index (χ4n) is 3.96. The molecule has 2 aromatic rings. The largest absolute Gasteiger partial charge is 0.347 e. The van der Waals surface area contributed by atoms with E-state index in [2.05, 4.69) is 20.0 Å². The van der Waals surface area contributed by atoms with E-state index in [9.17, 15) is 9.59 Å². The third-order valence-corrected chi connectivity index (χ3v) is 6.53. The van der Waals surface area contributed by atoms with Crippen LogP contribution in [0.1, 0.15) is 49.0 Å². The Morgan fingerprint density at radius 1 is 1.04 bits per heavy atom. The highest BCUT2D eigenvalue weighted by atomic mass is 32.1. The fraction of sp³-hybridized carbons (Fsp3) is 0.579. The maximum atomic E-state index is 12.8. The van der Waals surface area contributed by atoms with Crippen molar-refractivity contribution < 1.29 is 9.59 Å². The van der Waals surface area contributed by atoms with E-state index in [0.717, 1.165) is 63.3 Å². The number of hydrogen-bond acceptors (Lipinski definition) is 6. The van der Waals surface area contributed by atoms with Gasteiger partial charge >= 0.3 is 0 Å². The van der Waals surface area contributed by atoms with Crippen LogP contribution in [0.15, 0.2) is 18.3 Å². The zero-order valence-corrected chi connectivity index (χ0v) is 16.2. The highest BCUT2D eigenvalue weighted by molar-refractivity contribution is 7.17. The summed E-state index contributed by atoms with van der Waals surface area (Å²) in [6.07, 6.45) is 9.14. The van der Waals surface area contributed by atoms with Crippen molar-refractivity contribution >= 4 is 28.7 Å². The van der Waals surface area contributed by atoms with Crippen LogP contribution in [-0.4, -0.2) is 58.0 Å². The maximum Gasteiger partial charge on any atom is 0.225 e. The SMILES string of the molecule is O=Cc1cccn1-c1nnc(N2CCC(C(=O)N3CCCCCC3)CC2)s1. The summed E-state index contributed by atoms with van der Waals surface area (Å²) in [7, 11) is 0. The highest BCUT2D eigenvalue weighted by Crippen LogP contribution is 2.29. The maximum absolute atomic E-state index is 12.8. The Balaban J connectivity index is 1.37. The van der Waals surface area contributed by atoms with Gasteiger partial charge in [0.15, 0.2) is 6.29 Å². The number of aldehydes is 1. The van der Waals surface area contributed by atoms with Gasteiger partial charge in [-0.2, -0.15) is 0 Å². The summed E-state index contributed by atoms with van der Waals surface area (Å²) in [4.78, 5) is 28.2. The highest BCUT2D eigenvalue weighted by Gasteiger charge is 2.30. The van der Waals surface area contributed by atoms with Crippen LogP contribution in [0.2, 0.25) is 0 Å². The van der Waals surface area contributed by atoms with E-state index in [1.807, 2.05) is 12.3 Å². The minimum atomic E-state index is 0.137. The molecule has 27 heavy (non-hydrogen) atoms. The van der Waals surface area contributed by atoms with E-state index in [0.29, 0.717) is 16.7 Å². The molecule has 8 heteroatoms. The molecule has 1 amide bonds. The molecule has 7 nitrogen and oxygen atoms in total. The van der Waals surface area contributed by atoms with Crippen LogP contribution in [0, 0.1) is 5.92 Å². The van der Waals surface area contributed by atoms with Crippen LogP contribution < -0.4 is 4.90 Å². The van der Waals surface area contributed by atoms with Crippen molar-refractivity contribution in [2.24, 2.45) is 5.92 Å². The van der Waals surface area contributed by atoms with Crippen LogP contribution >= 0.6 is 11.3 Å². The first-order chi connectivity index (χ1) is 13.3. The van der Waals surface area contributed by atoms with Crippen molar-refractivity contribution in [2.45, 2.75) is 38.5 Å². The average Bonchev–Trinajstić information content (AvgIpc) is 3.30. The Kier molecular flexibility index (Phi) is 5.52. The van der Waals surface area contributed by atoms with E-state index in [4.69, 9.17) is 0 Å². The Morgan fingerprint density at radius 2 is 1.74 bits per heavy atom. The predicted molar refractivity (Wildman–Crippen MR) is 105 cm³/mol. The van der Waals surface area contributed by atoms with Crippen LogP contribution in [0.5, 0.6) is 0 Å². The Bertz CT molecular complexity index is 786. The van der Waals surface area contributed by atoms with E-state index < -0.39 is 0 Å². The lowest BCUT2D eigenvalue weighted by molar-refractivity contribution is -0.136. The standard InChI is InChI=1S/C19H25N5O2S/c25-14-16-6-5-11-24(16)19-21-20-18(27-19)23-12-7-15(8-13-23)17(26)22-9-3-1-2-4-10-22/h5-6,11,14-15H,1-4,7-10,12-13H2. The normalized spacial score (nSPS) is 19.1. The molecule has 0 spiro atoms. The molecule has 0 N–H and O–H groups in total. The van der Waals surface area contributed by atoms with Crippen molar-refractivity contribution in [3.8, 4) is 5.13 Å². The molecule has 2 aromatic heterocycles. The van der Waals surface area contributed by atoms with Gasteiger partial charge < -0.3 is 9.80 Å². The number of amides is 1. The number of piperidine rings is 1. The Hall–Kier alpha value is -2.22. The summed E-state index contributed by atoms with van der Waals surface area (Å²) in [5.41, 5.74) is 0.569. The Labute approximate surface area is 163 Å². The van der Waals surface area contributed by atoms with E-state index in [1.165, 1.54) is 24.2 Å². The van der Waals surface area contributed by atoms with Gasteiger partial charge in [0.25, 0.3) is 0 Å². The molecular weight excluding hydrogens is 362 g/mol. The van der Waals surface area contributed by atoms with Crippen molar-refractivity contribution in [3.63, 3.8) is 0 Å². The number of nitrogens with zero attached hydrogens (tertiary/aromatic N) is 5. The van der Waals surface area contributed by atoms with Crippen LogP contribution in [0.4, 0.5) is 5.13 Å². The lowest BCUT2D eigenvalue weighted by Crippen LogP contribution is -2.43. The molecule has 0 saturated carbocycles. The van der Waals surface area contributed by atoms with Gasteiger partial charge in [-0.1, -0.05) is 24.2 Å². The van der Waals surface area contributed by atoms with Gasteiger partial charge in [-0.05, 0) is 37.8 Å². The minimum absolute atomic E-state index is 0.137. The molecule has 4 rings (SSSR count). The summed E-state index contributed by atoms with van der Waals surface area (Å²) in [6, 6.07) is 3.58.